The van der Waals surface area contributed by atoms with Crippen molar-refractivity contribution in [1.82, 2.24) is 0 Å². The fourth-order valence-electron chi connectivity index (χ4n) is 6.37. The lowest BCUT2D eigenvalue weighted by atomic mass is 9.88. The summed E-state index contributed by atoms with van der Waals surface area (Å²) in [5.41, 5.74) is 0. The average molecular weight is 821 g/mol. The van der Waals surface area contributed by atoms with E-state index >= 15 is 0 Å². The van der Waals surface area contributed by atoms with E-state index in [4.69, 9.17) is 19.3 Å². The zero-order chi connectivity index (χ0) is 42.0. The van der Waals surface area contributed by atoms with E-state index in [1.54, 1.807) is 12.2 Å². The predicted octanol–water partition coefficient (Wildman–Crippen LogP) is 9.66. The molecule has 0 aromatic rings. The maximum absolute atomic E-state index is 12.5. The summed E-state index contributed by atoms with van der Waals surface area (Å²) in [6.07, 6.45) is 38.2. The number of ketones is 1. The molecule has 1 saturated carbocycles. The molecule has 1 rings (SSSR count). The average Bonchev–Trinajstić information content (AvgIpc) is 3.44. The maximum atomic E-state index is 12.5. The second-order valence-corrected chi connectivity index (χ2v) is 16.0. The first-order valence-electron chi connectivity index (χ1n) is 21.3. The van der Waals surface area contributed by atoms with Crippen LogP contribution in [0.15, 0.2) is 72.9 Å². The van der Waals surface area contributed by atoms with E-state index in [-0.39, 0.29) is 36.9 Å². The number of Topliss-reactive ketones (excluding diaryl/α,β-unsaturated/α-hetero) is 1. The number of phosphoric ester groups is 1. The van der Waals surface area contributed by atoms with Crippen molar-refractivity contribution in [2.24, 2.45) is 11.8 Å². The quantitative estimate of drug-likeness (QED) is 0.0210. The molecular weight excluding hydrogens is 747 g/mol. The number of hydrogen-bond donors (Lipinski definition) is 4. The van der Waals surface area contributed by atoms with E-state index in [0.29, 0.717) is 32.1 Å². The molecule has 11 nitrogen and oxygen atoms in total. The first-order chi connectivity index (χ1) is 27.5. The summed E-state index contributed by atoms with van der Waals surface area (Å²) in [7, 11) is -4.84. The number of allylic oxidation sites excluding steroid dienone is 10. The van der Waals surface area contributed by atoms with Crippen LogP contribution in [0.5, 0.6) is 0 Å². The number of aliphatic hydroxyl groups is 2. The van der Waals surface area contributed by atoms with Crippen molar-refractivity contribution in [3.63, 3.8) is 0 Å². The van der Waals surface area contributed by atoms with E-state index in [9.17, 15) is 29.2 Å². The SMILES string of the molecule is CCCCC/C=C\C/C=C\C/C=C\C/C=C\C/C=C\CCC(=O)OC[C@H](COP(=O)(O)O)OC(=O)CCCCCC[C@H]1C(=O)C[C@@H](O)[C@@H]1/C=C/[C@@H](O)CCCCC. The van der Waals surface area contributed by atoms with Crippen molar-refractivity contribution < 1.29 is 52.9 Å². The molecule has 1 fully saturated rings. The second kappa shape index (κ2) is 34.0. The minimum absolute atomic E-state index is 0.0280. The molecule has 0 unspecified atom stereocenters. The van der Waals surface area contributed by atoms with Gasteiger partial charge in [-0.1, -0.05) is 138 Å². The van der Waals surface area contributed by atoms with Gasteiger partial charge in [-0.25, -0.2) is 4.57 Å². The number of rotatable bonds is 34. The molecule has 0 heterocycles. The zero-order valence-electron chi connectivity index (χ0n) is 34.7. The number of hydrogen-bond acceptors (Lipinski definition) is 9. The lowest BCUT2D eigenvalue weighted by Crippen LogP contribution is -2.29. The standard InChI is InChI=1S/C45H73O11P/c1-3-5-7-8-9-10-11-12-13-14-15-16-17-18-19-20-21-22-27-31-44(49)54-36-39(37-55-57(51,52)53)56-45(50)32-28-24-23-26-30-40-41(43(48)35-42(40)47)34-33-38(46)29-25-6-4-2/h9-10,12-13,15-16,18-19,21-22,33-34,38-41,43,46,48H,3-8,11,14,17,20,23-32,35-37H2,1-2H3,(H2,51,52,53)/b10-9-,13-12-,16-15-,19-18-,22-21-,34-33+/t38-,39+,40+,41+,43+/m0/s1. The highest BCUT2D eigenvalue weighted by molar-refractivity contribution is 7.46. The van der Waals surface area contributed by atoms with Crippen LogP contribution in [-0.4, -0.2) is 69.2 Å². The summed E-state index contributed by atoms with van der Waals surface area (Å²) in [5.74, 6) is -1.73. The molecule has 0 aromatic carbocycles. The van der Waals surface area contributed by atoms with Crippen molar-refractivity contribution in [3.8, 4) is 0 Å². The molecule has 1 aliphatic rings. The molecule has 1 aliphatic carbocycles. The number of unbranched alkanes of at least 4 members (excludes halogenated alkanes) is 8. The molecule has 4 N–H and O–H groups in total. The monoisotopic (exact) mass is 820 g/mol. The van der Waals surface area contributed by atoms with Gasteiger partial charge >= 0.3 is 19.8 Å². The van der Waals surface area contributed by atoms with Gasteiger partial charge in [-0.2, -0.15) is 0 Å². The highest BCUT2D eigenvalue weighted by atomic mass is 31.2. The third kappa shape index (κ3) is 29.9. The number of carbonyl (C=O) groups is 3. The molecule has 0 radical (unpaired) electrons. The topological polar surface area (TPSA) is 177 Å². The minimum atomic E-state index is -4.84. The van der Waals surface area contributed by atoms with Gasteiger partial charge in [-0.3, -0.25) is 18.9 Å². The Balaban J connectivity index is 2.31. The van der Waals surface area contributed by atoms with Crippen molar-refractivity contribution in [3.05, 3.63) is 72.9 Å². The third-order valence-corrected chi connectivity index (χ3v) is 10.1. The van der Waals surface area contributed by atoms with Crippen molar-refractivity contribution in [1.29, 1.82) is 0 Å². The van der Waals surface area contributed by atoms with Crippen LogP contribution in [0.1, 0.15) is 149 Å². The van der Waals surface area contributed by atoms with E-state index in [0.717, 1.165) is 64.2 Å². The van der Waals surface area contributed by atoms with E-state index < -0.39 is 51.3 Å². The lowest BCUT2D eigenvalue weighted by molar-refractivity contribution is -0.161. The Hall–Kier alpha value is -2.92. The third-order valence-electron chi connectivity index (χ3n) is 9.61. The molecule has 57 heavy (non-hydrogen) atoms. The minimum Gasteiger partial charge on any atom is -0.462 e. The first kappa shape index (κ1) is 52.1. The summed E-state index contributed by atoms with van der Waals surface area (Å²) < 4.78 is 26.3. The first-order valence-corrected chi connectivity index (χ1v) is 22.9. The largest absolute Gasteiger partial charge is 0.469 e. The van der Waals surface area contributed by atoms with E-state index in [1.807, 2.05) is 12.2 Å². The Morgan fingerprint density at radius 2 is 1.32 bits per heavy atom. The number of phosphoric acid groups is 1. The Labute approximate surface area is 342 Å². The molecule has 0 aliphatic heterocycles. The van der Waals surface area contributed by atoms with Crippen LogP contribution in [0.2, 0.25) is 0 Å². The molecule has 0 amide bonds. The smallest absolute Gasteiger partial charge is 0.462 e. The van der Waals surface area contributed by atoms with Crippen molar-refractivity contribution in [2.45, 2.75) is 167 Å². The Morgan fingerprint density at radius 3 is 1.93 bits per heavy atom. The number of esters is 2. The highest BCUT2D eigenvalue weighted by Crippen LogP contribution is 2.36. The van der Waals surface area contributed by atoms with E-state index in [1.165, 1.54) is 19.3 Å². The van der Waals surface area contributed by atoms with Crippen LogP contribution < -0.4 is 0 Å². The van der Waals surface area contributed by atoms with Crippen LogP contribution in [0.3, 0.4) is 0 Å². The second-order valence-electron chi connectivity index (χ2n) is 14.7. The Bertz CT molecular complexity index is 1310. The molecule has 0 saturated heterocycles. The van der Waals surface area contributed by atoms with Gasteiger partial charge in [-0.05, 0) is 64.2 Å². The summed E-state index contributed by atoms with van der Waals surface area (Å²) >= 11 is 0. The fraction of sp³-hybridized carbons (Fsp3) is 0.667. The zero-order valence-corrected chi connectivity index (χ0v) is 35.6. The van der Waals surface area contributed by atoms with Gasteiger partial charge < -0.3 is 29.5 Å². The predicted molar refractivity (Wildman–Crippen MR) is 226 cm³/mol. The van der Waals surface area contributed by atoms with Gasteiger partial charge in [0.15, 0.2) is 6.10 Å². The lowest BCUT2D eigenvalue weighted by Gasteiger charge is -2.19. The van der Waals surface area contributed by atoms with Gasteiger partial charge in [0.25, 0.3) is 0 Å². The molecular formula is C45H73O11P. The molecule has 12 heteroatoms. The van der Waals surface area contributed by atoms with Crippen molar-refractivity contribution in [2.75, 3.05) is 13.2 Å². The van der Waals surface area contributed by atoms with Gasteiger partial charge in [0, 0.05) is 31.1 Å². The van der Waals surface area contributed by atoms with E-state index in [2.05, 4.69) is 67.0 Å². The van der Waals surface area contributed by atoms with Crippen LogP contribution in [0, 0.1) is 11.8 Å². The van der Waals surface area contributed by atoms with Crippen LogP contribution in [0.25, 0.3) is 0 Å². The highest BCUT2D eigenvalue weighted by Gasteiger charge is 2.39. The molecule has 5 atom stereocenters. The summed E-state index contributed by atoms with van der Waals surface area (Å²) in [6, 6.07) is 0. The molecule has 0 spiro atoms. The maximum Gasteiger partial charge on any atom is 0.469 e. The Morgan fingerprint density at radius 1 is 0.737 bits per heavy atom. The number of aliphatic hydroxyl groups excluding tert-OH is 2. The van der Waals surface area contributed by atoms with Crippen molar-refractivity contribution >= 4 is 25.5 Å². The van der Waals surface area contributed by atoms with Gasteiger partial charge in [-0.15, -0.1) is 0 Å². The Kier molecular flexibility index (Phi) is 31.1. The van der Waals surface area contributed by atoms with Crippen LogP contribution in [0.4, 0.5) is 0 Å². The number of ether oxygens (including phenoxy) is 2. The molecule has 324 valence electrons. The van der Waals surface area contributed by atoms with Gasteiger partial charge in [0.2, 0.25) is 0 Å². The number of carbonyl (C=O) groups excluding carboxylic acids is 3. The summed E-state index contributed by atoms with van der Waals surface area (Å²) in [4.78, 5) is 55.6. The van der Waals surface area contributed by atoms with Crippen LogP contribution in [-0.2, 0) is 32.9 Å². The summed E-state index contributed by atoms with van der Waals surface area (Å²) in [6.45, 7) is 3.28. The van der Waals surface area contributed by atoms with Gasteiger partial charge in [0.05, 0.1) is 18.8 Å². The molecule has 0 aromatic heterocycles. The fourth-order valence-corrected chi connectivity index (χ4v) is 6.73. The normalized spacial score (nSPS) is 19.1. The van der Waals surface area contributed by atoms with Crippen LogP contribution >= 0.6 is 7.82 Å². The summed E-state index contributed by atoms with van der Waals surface area (Å²) in [5, 5.41) is 20.6. The molecule has 0 bridgehead atoms. The van der Waals surface area contributed by atoms with Gasteiger partial charge in [0.1, 0.15) is 12.4 Å².